The van der Waals surface area contributed by atoms with E-state index in [1.807, 2.05) is 19.1 Å². The molecule has 1 atom stereocenters. The van der Waals surface area contributed by atoms with Crippen LogP contribution in [0.25, 0.3) is 0 Å². The Morgan fingerprint density at radius 3 is 2.50 bits per heavy atom. The molecule has 1 unspecified atom stereocenters. The molecule has 0 radical (unpaired) electrons. The van der Waals surface area contributed by atoms with Crippen molar-refractivity contribution in [1.82, 2.24) is 14.8 Å². The number of rotatable bonds is 7. The molecular formula is C27H36FN3O. The van der Waals surface area contributed by atoms with Gasteiger partial charge < -0.3 is 9.80 Å². The van der Waals surface area contributed by atoms with E-state index in [1.54, 1.807) is 0 Å². The summed E-state index contributed by atoms with van der Waals surface area (Å²) in [6.45, 7) is 6.25. The number of aryl methyl sites for hydroxylation is 1. The predicted molar refractivity (Wildman–Crippen MR) is 126 cm³/mol. The van der Waals surface area contributed by atoms with Crippen molar-refractivity contribution in [3.05, 3.63) is 64.7 Å². The topological polar surface area (TPSA) is 36.4 Å². The standard InChI is InChI=1S/C27H36FN3O/c1-21-18-23(19-22-10-12-24(28)13-11-22)20-25(29-21)26-8-6-17-31(26)27(32)9-7-16-30-14-4-2-3-5-15-30/h10-13,18,20,26H,2-9,14-17,19H2,1H3. The number of pyridine rings is 1. The van der Waals surface area contributed by atoms with E-state index in [0.29, 0.717) is 6.42 Å². The lowest BCUT2D eigenvalue weighted by Gasteiger charge is -2.26. The normalized spacial score (nSPS) is 19.8. The number of carbonyl (C=O) groups is 1. The predicted octanol–water partition coefficient (Wildman–Crippen LogP) is 5.44. The van der Waals surface area contributed by atoms with Crippen molar-refractivity contribution < 1.29 is 9.18 Å². The zero-order valence-corrected chi connectivity index (χ0v) is 19.4. The number of benzene rings is 1. The minimum absolute atomic E-state index is 0.0764. The molecule has 2 saturated heterocycles. The van der Waals surface area contributed by atoms with Gasteiger partial charge in [-0.2, -0.15) is 0 Å². The molecule has 172 valence electrons. The summed E-state index contributed by atoms with van der Waals surface area (Å²) in [6.07, 6.45) is 9.60. The molecule has 32 heavy (non-hydrogen) atoms. The molecule has 1 amide bonds. The van der Waals surface area contributed by atoms with E-state index in [4.69, 9.17) is 4.98 Å². The molecule has 0 aliphatic carbocycles. The Bertz CT molecular complexity index is 890. The first-order chi connectivity index (χ1) is 15.6. The number of nitrogens with zero attached hydrogens (tertiary/aromatic N) is 3. The molecule has 3 heterocycles. The molecule has 2 aromatic rings. The third-order valence-electron chi connectivity index (χ3n) is 6.83. The fourth-order valence-corrected chi connectivity index (χ4v) is 5.21. The Morgan fingerprint density at radius 2 is 1.75 bits per heavy atom. The lowest BCUT2D eigenvalue weighted by atomic mass is 10.0. The Balaban J connectivity index is 1.38. The van der Waals surface area contributed by atoms with Crippen LogP contribution in [-0.4, -0.2) is 46.9 Å². The van der Waals surface area contributed by atoms with Gasteiger partial charge in [-0.15, -0.1) is 0 Å². The molecule has 2 aliphatic heterocycles. The smallest absolute Gasteiger partial charge is 0.223 e. The number of carbonyl (C=O) groups excluding carboxylic acids is 1. The average molecular weight is 438 g/mol. The maximum atomic E-state index is 13.2. The second-order valence-electron chi connectivity index (χ2n) is 9.45. The summed E-state index contributed by atoms with van der Waals surface area (Å²) in [7, 11) is 0. The molecule has 1 aromatic carbocycles. The fraction of sp³-hybridized carbons (Fsp3) is 0.556. The maximum Gasteiger partial charge on any atom is 0.223 e. The lowest BCUT2D eigenvalue weighted by molar-refractivity contribution is -0.132. The molecule has 1 aromatic heterocycles. The third kappa shape index (κ3) is 6.16. The van der Waals surface area contributed by atoms with Crippen LogP contribution in [0, 0.1) is 12.7 Å². The monoisotopic (exact) mass is 437 g/mol. The van der Waals surface area contributed by atoms with E-state index < -0.39 is 0 Å². The Kier molecular flexibility index (Phi) is 7.90. The van der Waals surface area contributed by atoms with Crippen LogP contribution >= 0.6 is 0 Å². The summed E-state index contributed by atoms with van der Waals surface area (Å²) in [4.78, 5) is 22.5. The van der Waals surface area contributed by atoms with Crippen molar-refractivity contribution in [2.24, 2.45) is 0 Å². The van der Waals surface area contributed by atoms with Gasteiger partial charge in [0.2, 0.25) is 5.91 Å². The van der Waals surface area contributed by atoms with Crippen LogP contribution in [0.1, 0.15) is 79.9 Å². The van der Waals surface area contributed by atoms with Gasteiger partial charge in [0.25, 0.3) is 0 Å². The van der Waals surface area contributed by atoms with Crippen molar-refractivity contribution in [3.8, 4) is 0 Å². The fourth-order valence-electron chi connectivity index (χ4n) is 5.21. The van der Waals surface area contributed by atoms with E-state index in [-0.39, 0.29) is 17.8 Å². The van der Waals surface area contributed by atoms with E-state index in [2.05, 4.69) is 21.9 Å². The Labute approximate surface area is 191 Å². The van der Waals surface area contributed by atoms with E-state index in [9.17, 15) is 9.18 Å². The van der Waals surface area contributed by atoms with E-state index >= 15 is 0 Å². The summed E-state index contributed by atoms with van der Waals surface area (Å²) < 4.78 is 13.2. The van der Waals surface area contributed by atoms with Gasteiger partial charge in [0.15, 0.2) is 0 Å². The van der Waals surface area contributed by atoms with Crippen LogP contribution in [0.4, 0.5) is 4.39 Å². The zero-order valence-electron chi connectivity index (χ0n) is 19.4. The minimum Gasteiger partial charge on any atom is -0.334 e. The first-order valence-corrected chi connectivity index (χ1v) is 12.3. The summed E-state index contributed by atoms with van der Waals surface area (Å²) in [6, 6.07) is 11.0. The number of halogens is 1. The number of aromatic nitrogens is 1. The van der Waals surface area contributed by atoms with Crippen molar-refractivity contribution in [2.45, 2.75) is 70.8 Å². The quantitative estimate of drug-likeness (QED) is 0.579. The van der Waals surface area contributed by atoms with E-state index in [0.717, 1.165) is 55.7 Å². The molecule has 2 fully saturated rings. The van der Waals surface area contributed by atoms with Gasteiger partial charge in [-0.3, -0.25) is 9.78 Å². The average Bonchev–Trinajstić information content (AvgIpc) is 3.13. The summed E-state index contributed by atoms with van der Waals surface area (Å²) in [5, 5.41) is 0. The van der Waals surface area contributed by atoms with Gasteiger partial charge >= 0.3 is 0 Å². The minimum atomic E-state index is -0.212. The molecule has 0 spiro atoms. The highest BCUT2D eigenvalue weighted by Crippen LogP contribution is 2.32. The summed E-state index contributed by atoms with van der Waals surface area (Å²) in [5.41, 5.74) is 4.22. The molecule has 0 N–H and O–H groups in total. The second kappa shape index (κ2) is 11.0. The Hall–Kier alpha value is -2.27. The molecular weight excluding hydrogens is 401 g/mol. The summed E-state index contributed by atoms with van der Waals surface area (Å²) in [5.74, 6) is 0.0574. The van der Waals surface area contributed by atoms with Crippen molar-refractivity contribution in [1.29, 1.82) is 0 Å². The maximum absolute atomic E-state index is 13.2. The van der Waals surface area contributed by atoms with Crippen LogP contribution in [0.5, 0.6) is 0 Å². The van der Waals surface area contributed by atoms with Gasteiger partial charge in [-0.05, 0) is 100 Å². The first-order valence-electron chi connectivity index (χ1n) is 12.3. The van der Waals surface area contributed by atoms with Crippen LogP contribution in [0.15, 0.2) is 36.4 Å². The van der Waals surface area contributed by atoms with Crippen LogP contribution in [0.2, 0.25) is 0 Å². The SMILES string of the molecule is Cc1cc(Cc2ccc(F)cc2)cc(C2CCCN2C(=O)CCCN2CCCCCC2)n1. The highest BCUT2D eigenvalue weighted by atomic mass is 19.1. The van der Waals surface area contributed by atoms with Gasteiger partial charge in [-0.25, -0.2) is 4.39 Å². The highest BCUT2D eigenvalue weighted by molar-refractivity contribution is 5.77. The van der Waals surface area contributed by atoms with Crippen LogP contribution in [0.3, 0.4) is 0 Å². The number of hydrogen-bond donors (Lipinski definition) is 0. The third-order valence-corrected chi connectivity index (χ3v) is 6.83. The number of likely N-dealkylation sites (tertiary alicyclic amines) is 2. The largest absolute Gasteiger partial charge is 0.334 e. The van der Waals surface area contributed by atoms with Crippen molar-refractivity contribution >= 4 is 5.91 Å². The lowest BCUT2D eigenvalue weighted by Crippen LogP contribution is -2.32. The van der Waals surface area contributed by atoms with Crippen LogP contribution in [-0.2, 0) is 11.2 Å². The molecule has 0 saturated carbocycles. The van der Waals surface area contributed by atoms with Gasteiger partial charge in [-0.1, -0.05) is 25.0 Å². The van der Waals surface area contributed by atoms with Gasteiger partial charge in [0.1, 0.15) is 5.82 Å². The molecule has 4 nitrogen and oxygen atoms in total. The van der Waals surface area contributed by atoms with Crippen molar-refractivity contribution in [2.75, 3.05) is 26.2 Å². The van der Waals surface area contributed by atoms with Crippen molar-refractivity contribution in [3.63, 3.8) is 0 Å². The molecule has 4 rings (SSSR count). The second-order valence-corrected chi connectivity index (χ2v) is 9.45. The summed E-state index contributed by atoms with van der Waals surface area (Å²) >= 11 is 0. The molecule has 0 bridgehead atoms. The number of amides is 1. The zero-order chi connectivity index (χ0) is 22.3. The molecule has 2 aliphatic rings. The first kappa shape index (κ1) is 22.9. The Morgan fingerprint density at radius 1 is 1.00 bits per heavy atom. The molecule has 5 heteroatoms. The van der Waals surface area contributed by atoms with E-state index in [1.165, 1.54) is 56.5 Å². The van der Waals surface area contributed by atoms with Gasteiger partial charge in [0.05, 0.1) is 11.7 Å². The van der Waals surface area contributed by atoms with Gasteiger partial charge in [0, 0.05) is 18.7 Å². The number of hydrogen-bond acceptors (Lipinski definition) is 3. The highest BCUT2D eigenvalue weighted by Gasteiger charge is 2.31. The van der Waals surface area contributed by atoms with Crippen LogP contribution < -0.4 is 0 Å².